The Bertz CT molecular complexity index is 133. The molecular weight excluding hydrogens is 120 g/mol. The highest BCUT2D eigenvalue weighted by Crippen LogP contribution is 2.53. The smallest absolute Gasteiger partial charge is 0.0179 e. The van der Waals surface area contributed by atoms with Crippen LogP contribution in [0.2, 0.25) is 0 Å². The first-order chi connectivity index (χ1) is 4.62. The third-order valence-electron chi connectivity index (χ3n) is 3.32. The van der Waals surface area contributed by atoms with Gasteiger partial charge < -0.3 is 0 Å². The van der Waals surface area contributed by atoms with E-state index in [-0.39, 0.29) is 0 Å². The molecular formula is C10H18. The molecule has 0 bridgehead atoms. The van der Waals surface area contributed by atoms with Crippen LogP contribution < -0.4 is 0 Å². The third-order valence-corrected chi connectivity index (χ3v) is 3.32. The van der Waals surface area contributed by atoms with Gasteiger partial charge in [0.1, 0.15) is 0 Å². The standard InChI is InChI=1S/C10H18/c1-5-8-7-9(6-2)10(8,3)4/h5,8-9H,1,6-7H2,2-4H3/t8-,9-/m0/s1. The summed E-state index contributed by atoms with van der Waals surface area (Å²) in [5, 5.41) is 0. The summed E-state index contributed by atoms with van der Waals surface area (Å²) in [6, 6.07) is 0. The second-order valence-electron chi connectivity index (χ2n) is 4.00. The lowest BCUT2D eigenvalue weighted by molar-refractivity contribution is 0.00949. The molecule has 2 atom stereocenters. The Hall–Kier alpha value is -0.260. The van der Waals surface area contributed by atoms with Gasteiger partial charge in [0.05, 0.1) is 0 Å². The van der Waals surface area contributed by atoms with E-state index in [2.05, 4.69) is 33.4 Å². The molecule has 1 saturated carbocycles. The van der Waals surface area contributed by atoms with Crippen LogP contribution in [-0.2, 0) is 0 Å². The fourth-order valence-corrected chi connectivity index (χ4v) is 2.15. The molecule has 0 nitrogen and oxygen atoms in total. The van der Waals surface area contributed by atoms with Crippen LogP contribution in [0.15, 0.2) is 12.7 Å². The molecule has 0 unspecified atom stereocenters. The molecule has 0 amide bonds. The van der Waals surface area contributed by atoms with Crippen molar-refractivity contribution < 1.29 is 0 Å². The van der Waals surface area contributed by atoms with Gasteiger partial charge in [0.2, 0.25) is 0 Å². The van der Waals surface area contributed by atoms with Crippen LogP contribution >= 0.6 is 0 Å². The molecule has 10 heavy (non-hydrogen) atoms. The van der Waals surface area contributed by atoms with E-state index in [4.69, 9.17) is 0 Å². The maximum absolute atomic E-state index is 3.85. The van der Waals surface area contributed by atoms with E-state index in [1.54, 1.807) is 0 Å². The summed E-state index contributed by atoms with van der Waals surface area (Å²) in [4.78, 5) is 0. The van der Waals surface area contributed by atoms with E-state index >= 15 is 0 Å². The molecule has 0 radical (unpaired) electrons. The van der Waals surface area contributed by atoms with Gasteiger partial charge in [-0.3, -0.25) is 0 Å². The van der Waals surface area contributed by atoms with Gasteiger partial charge in [0.25, 0.3) is 0 Å². The minimum atomic E-state index is 0.538. The van der Waals surface area contributed by atoms with Crippen molar-refractivity contribution in [3.8, 4) is 0 Å². The topological polar surface area (TPSA) is 0 Å². The highest BCUT2D eigenvalue weighted by molar-refractivity contribution is 5.03. The van der Waals surface area contributed by atoms with Crippen LogP contribution in [0, 0.1) is 17.3 Å². The van der Waals surface area contributed by atoms with Crippen molar-refractivity contribution in [2.24, 2.45) is 17.3 Å². The van der Waals surface area contributed by atoms with Gasteiger partial charge >= 0.3 is 0 Å². The Morgan fingerprint density at radius 3 is 2.50 bits per heavy atom. The number of allylic oxidation sites excluding steroid dienone is 1. The van der Waals surface area contributed by atoms with E-state index in [9.17, 15) is 0 Å². The fraction of sp³-hybridized carbons (Fsp3) is 0.800. The molecule has 0 aliphatic heterocycles. The van der Waals surface area contributed by atoms with Crippen molar-refractivity contribution in [3.05, 3.63) is 12.7 Å². The summed E-state index contributed by atoms with van der Waals surface area (Å²) < 4.78 is 0. The third kappa shape index (κ3) is 0.902. The Morgan fingerprint density at radius 2 is 2.20 bits per heavy atom. The predicted octanol–water partition coefficient (Wildman–Crippen LogP) is 3.24. The lowest BCUT2D eigenvalue weighted by atomic mass is 9.54. The van der Waals surface area contributed by atoms with Gasteiger partial charge in [0.15, 0.2) is 0 Å². The van der Waals surface area contributed by atoms with Crippen molar-refractivity contribution in [2.45, 2.75) is 33.6 Å². The molecule has 0 heterocycles. The summed E-state index contributed by atoms with van der Waals surface area (Å²) in [6.45, 7) is 10.8. The predicted molar refractivity (Wildman–Crippen MR) is 45.9 cm³/mol. The molecule has 0 aromatic rings. The van der Waals surface area contributed by atoms with Crippen molar-refractivity contribution in [2.75, 3.05) is 0 Å². The zero-order valence-electron chi connectivity index (χ0n) is 7.35. The number of hydrogen-bond donors (Lipinski definition) is 0. The summed E-state index contributed by atoms with van der Waals surface area (Å²) in [7, 11) is 0. The van der Waals surface area contributed by atoms with Gasteiger partial charge in [0, 0.05) is 0 Å². The fourth-order valence-electron chi connectivity index (χ4n) is 2.15. The van der Waals surface area contributed by atoms with Gasteiger partial charge in [-0.1, -0.05) is 33.3 Å². The normalized spacial score (nSPS) is 36.7. The van der Waals surface area contributed by atoms with E-state index in [0.29, 0.717) is 5.41 Å². The maximum Gasteiger partial charge on any atom is -0.0179 e. The van der Waals surface area contributed by atoms with Crippen molar-refractivity contribution >= 4 is 0 Å². The van der Waals surface area contributed by atoms with Crippen LogP contribution in [0.1, 0.15) is 33.6 Å². The molecule has 1 aliphatic rings. The SMILES string of the molecule is C=C[C@H]1C[C@H](CC)C1(C)C. The van der Waals surface area contributed by atoms with Crippen LogP contribution in [0.25, 0.3) is 0 Å². The second kappa shape index (κ2) is 2.41. The van der Waals surface area contributed by atoms with E-state index in [1.165, 1.54) is 12.8 Å². The molecule has 1 aliphatic carbocycles. The van der Waals surface area contributed by atoms with Crippen molar-refractivity contribution in [3.63, 3.8) is 0 Å². The summed E-state index contributed by atoms with van der Waals surface area (Å²) in [6.07, 6.45) is 4.82. The Kier molecular flexibility index (Phi) is 1.89. The zero-order valence-corrected chi connectivity index (χ0v) is 7.35. The average molecular weight is 138 g/mol. The first-order valence-electron chi connectivity index (χ1n) is 4.25. The van der Waals surface area contributed by atoms with Gasteiger partial charge in [-0.25, -0.2) is 0 Å². The Labute approximate surface area is 64.3 Å². The lowest BCUT2D eigenvalue weighted by Gasteiger charge is -2.51. The zero-order chi connectivity index (χ0) is 7.78. The number of rotatable bonds is 2. The molecule has 1 rings (SSSR count). The largest absolute Gasteiger partial charge is 0.103 e. The number of hydrogen-bond acceptors (Lipinski definition) is 0. The van der Waals surface area contributed by atoms with Crippen LogP contribution in [0.5, 0.6) is 0 Å². The lowest BCUT2D eigenvalue weighted by Crippen LogP contribution is -2.43. The summed E-state index contributed by atoms with van der Waals surface area (Å²) in [5.41, 5.74) is 0.538. The Morgan fingerprint density at radius 1 is 1.60 bits per heavy atom. The van der Waals surface area contributed by atoms with E-state index in [0.717, 1.165) is 11.8 Å². The molecule has 0 saturated heterocycles. The monoisotopic (exact) mass is 138 g/mol. The van der Waals surface area contributed by atoms with Crippen LogP contribution in [-0.4, -0.2) is 0 Å². The van der Waals surface area contributed by atoms with Crippen molar-refractivity contribution in [1.82, 2.24) is 0 Å². The summed E-state index contributed by atoms with van der Waals surface area (Å²) >= 11 is 0. The first kappa shape index (κ1) is 7.84. The average Bonchev–Trinajstić information content (AvgIpc) is 1.88. The highest BCUT2D eigenvalue weighted by atomic mass is 14.5. The van der Waals surface area contributed by atoms with E-state index < -0.39 is 0 Å². The minimum absolute atomic E-state index is 0.538. The molecule has 0 aromatic heterocycles. The summed E-state index contributed by atoms with van der Waals surface area (Å²) in [5.74, 6) is 1.72. The first-order valence-corrected chi connectivity index (χ1v) is 4.25. The highest BCUT2D eigenvalue weighted by Gasteiger charge is 2.44. The molecule has 1 fully saturated rings. The Balaban J connectivity index is 2.55. The maximum atomic E-state index is 3.85. The molecule has 58 valence electrons. The molecule has 0 aromatic carbocycles. The second-order valence-corrected chi connectivity index (χ2v) is 4.00. The van der Waals surface area contributed by atoms with Gasteiger partial charge in [-0.05, 0) is 23.7 Å². The van der Waals surface area contributed by atoms with Gasteiger partial charge in [-0.15, -0.1) is 6.58 Å². The van der Waals surface area contributed by atoms with Gasteiger partial charge in [-0.2, -0.15) is 0 Å². The van der Waals surface area contributed by atoms with Crippen LogP contribution in [0.4, 0.5) is 0 Å². The minimum Gasteiger partial charge on any atom is -0.103 e. The van der Waals surface area contributed by atoms with Crippen LogP contribution in [0.3, 0.4) is 0 Å². The molecule has 0 N–H and O–H groups in total. The van der Waals surface area contributed by atoms with Crippen molar-refractivity contribution in [1.29, 1.82) is 0 Å². The molecule has 0 heteroatoms. The quantitative estimate of drug-likeness (QED) is 0.514. The molecule has 0 spiro atoms. The van der Waals surface area contributed by atoms with E-state index in [1.807, 2.05) is 0 Å².